The van der Waals surface area contributed by atoms with Gasteiger partial charge in [-0.15, -0.1) is 0 Å². The molecule has 42 heavy (non-hydrogen) atoms. The fourth-order valence-electron chi connectivity index (χ4n) is 12.2. The second kappa shape index (κ2) is 9.68. The van der Waals surface area contributed by atoms with Gasteiger partial charge in [0.1, 0.15) is 18.1 Å². The number of hydrogen-bond donors (Lipinski definition) is 2. The smallest absolute Gasteiger partial charge is 0.338 e. The third-order valence-corrected chi connectivity index (χ3v) is 14.6. The van der Waals surface area contributed by atoms with Crippen LogP contribution in [0.25, 0.3) is 0 Å². The van der Waals surface area contributed by atoms with Gasteiger partial charge in [-0.2, -0.15) is 0 Å². The van der Waals surface area contributed by atoms with Crippen molar-refractivity contribution in [2.75, 3.05) is 6.61 Å². The molecule has 5 aliphatic carbocycles. The highest BCUT2D eigenvalue weighted by Gasteiger charge is 2.72. The first-order valence-corrected chi connectivity index (χ1v) is 16.4. The Kier molecular flexibility index (Phi) is 6.89. The minimum atomic E-state index is -0.396. The third kappa shape index (κ3) is 4.04. The summed E-state index contributed by atoms with van der Waals surface area (Å²) in [6.07, 6.45) is 8.64. The van der Waals surface area contributed by atoms with E-state index in [1.54, 1.807) is 12.1 Å². The number of benzene rings is 1. The lowest BCUT2D eigenvalue weighted by Crippen LogP contribution is -2.69. The van der Waals surface area contributed by atoms with Crippen molar-refractivity contribution in [2.45, 2.75) is 105 Å². The van der Waals surface area contributed by atoms with Crippen molar-refractivity contribution in [3.63, 3.8) is 0 Å². The van der Waals surface area contributed by atoms with Crippen LogP contribution in [0.4, 0.5) is 0 Å². The zero-order valence-electron chi connectivity index (χ0n) is 26.7. The van der Waals surface area contributed by atoms with Crippen molar-refractivity contribution in [1.82, 2.24) is 0 Å². The van der Waals surface area contributed by atoms with E-state index in [0.29, 0.717) is 35.5 Å². The third-order valence-electron chi connectivity index (χ3n) is 14.6. The summed E-state index contributed by atoms with van der Waals surface area (Å²) in [4.78, 5) is 25.8. The van der Waals surface area contributed by atoms with Gasteiger partial charge in [0.15, 0.2) is 0 Å². The molecule has 1 aromatic rings. The molecule has 6 rings (SSSR count). The molecule has 5 fully saturated rings. The van der Waals surface area contributed by atoms with Crippen LogP contribution in [0.2, 0.25) is 0 Å². The fraction of sp³-hybridized carbons (Fsp3) is 0.730. The largest absolute Gasteiger partial charge is 0.508 e. The van der Waals surface area contributed by atoms with Crippen LogP contribution >= 0.6 is 0 Å². The Bertz CT molecular complexity index is 1280. The van der Waals surface area contributed by atoms with Crippen LogP contribution in [0.15, 0.2) is 36.4 Å². The van der Waals surface area contributed by atoms with Gasteiger partial charge in [-0.3, -0.25) is 4.79 Å². The second-order valence-electron chi connectivity index (χ2n) is 16.6. The summed E-state index contributed by atoms with van der Waals surface area (Å²) in [5.41, 5.74) is 1.33. The van der Waals surface area contributed by atoms with Crippen LogP contribution in [0.3, 0.4) is 0 Å². The summed E-state index contributed by atoms with van der Waals surface area (Å²) in [6, 6.07) is 6.16. The van der Waals surface area contributed by atoms with E-state index in [1.165, 1.54) is 25.0 Å². The number of aliphatic hydroxyl groups excluding tert-OH is 1. The number of aromatic hydroxyl groups is 1. The Morgan fingerprint density at radius 1 is 0.952 bits per heavy atom. The number of esters is 1. The van der Waals surface area contributed by atoms with Crippen LogP contribution in [0.1, 0.15) is 110 Å². The molecule has 2 N–H and O–H groups in total. The predicted octanol–water partition coefficient (Wildman–Crippen LogP) is 7.75. The molecule has 10 atom stereocenters. The summed E-state index contributed by atoms with van der Waals surface area (Å²) >= 11 is 0. The molecule has 0 radical (unpaired) electrons. The van der Waals surface area contributed by atoms with Gasteiger partial charge in [-0.25, -0.2) is 4.79 Å². The highest BCUT2D eigenvalue weighted by Crippen LogP contribution is 2.77. The standard InChI is InChI=1S/C37H52O5/c1-22(21-42-32(41)23-8-10-24(38)11-9-23)25-12-15-34(4)18-19-36(6)26(30(25)34)20-27(39)31-35(5)16-14-29(40)33(2,3)28(35)13-17-37(31,36)7/h8-11,25-28,30-31,38-39H,1,12-21H2,2-7H3/t25?,26?,27?,28?,30?,31?,34-,35+,36-,37-/m1/s1. The molecule has 0 bridgehead atoms. The van der Waals surface area contributed by atoms with Gasteiger partial charge in [-0.05, 0) is 132 Å². The number of phenols is 1. The van der Waals surface area contributed by atoms with E-state index in [2.05, 4.69) is 48.1 Å². The van der Waals surface area contributed by atoms with E-state index in [9.17, 15) is 19.8 Å². The van der Waals surface area contributed by atoms with E-state index < -0.39 is 5.97 Å². The number of aliphatic hydroxyl groups is 1. The number of ether oxygens (including phenoxy) is 1. The molecule has 6 unspecified atom stereocenters. The fourth-order valence-corrected chi connectivity index (χ4v) is 12.2. The monoisotopic (exact) mass is 576 g/mol. The predicted molar refractivity (Wildman–Crippen MR) is 164 cm³/mol. The number of Topliss-reactive ketones (excluding diaryl/α,β-unsaturated/α-hetero) is 1. The molecule has 1 aromatic carbocycles. The van der Waals surface area contributed by atoms with Gasteiger partial charge in [0.25, 0.3) is 0 Å². The average Bonchev–Trinajstić information content (AvgIpc) is 3.28. The number of fused-ring (bicyclic) bond motifs is 7. The highest BCUT2D eigenvalue weighted by molar-refractivity contribution is 5.89. The Balaban J connectivity index is 1.28. The first kappa shape index (κ1) is 29.9. The topological polar surface area (TPSA) is 83.8 Å². The van der Waals surface area contributed by atoms with Crippen molar-refractivity contribution < 1.29 is 24.5 Å². The maximum absolute atomic E-state index is 13.1. The first-order valence-electron chi connectivity index (χ1n) is 16.4. The molecule has 5 saturated carbocycles. The molecular weight excluding hydrogens is 524 g/mol. The molecule has 230 valence electrons. The number of rotatable bonds is 4. The molecule has 0 spiro atoms. The van der Waals surface area contributed by atoms with E-state index in [0.717, 1.165) is 44.1 Å². The molecule has 0 aliphatic heterocycles. The van der Waals surface area contributed by atoms with Gasteiger partial charge in [-0.1, -0.05) is 48.1 Å². The molecule has 0 saturated heterocycles. The molecule has 0 heterocycles. The Hall–Kier alpha value is -2.14. The van der Waals surface area contributed by atoms with Crippen LogP contribution in [-0.2, 0) is 9.53 Å². The summed E-state index contributed by atoms with van der Waals surface area (Å²) in [5.74, 6) is 1.67. The number of carbonyl (C=O) groups is 2. The zero-order chi connectivity index (χ0) is 30.5. The van der Waals surface area contributed by atoms with Gasteiger partial charge in [0.05, 0.1) is 11.7 Å². The minimum Gasteiger partial charge on any atom is -0.508 e. The molecule has 5 aliphatic rings. The normalized spacial score (nSPS) is 45.6. The maximum Gasteiger partial charge on any atom is 0.338 e. The first-order chi connectivity index (χ1) is 19.6. The lowest BCUT2D eigenvalue weighted by molar-refractivity contribution is -0.264. The van der Waals surface area contributed by atoms with Gasteiger partial charge in [0.2, 0.25) is 0 Å². The van der Waals surface area contributed by atoms with E-state index in [1.807, 2.05) is 0 Å². The average molecular weight is 577 g/mol. The van der Waals surface area contributed by atoms with Crippen LogP contribution in [0, 0.1) is 56.7 Å². The summed E-state index contributed by atoms with van der Waals surface area (Å²) in [5, 5.41) is 21.8. The maximum atomic E-state index is 13.1. The van der Waals surface area contributed by atoms with Gasteiger partial charge < -0.3 is 14.9 Å². The number of ketones is 1. The molecule has 0 aromatic heterocycles. The quantitative estimate of drug-likeness (QED) is 0.283. The second-order valence-corrected chi connectivity index (χ2v) is 16.6. The summed E-state index contributed by atoms with van der Waals surface area (Å²) in [6.45, 7) is 18.9. The Morgan fingerprint density at radius 3 is 2.33 bits per heavy atom. The van der Waals surface area contributed by atoms with E-state index in [4.69, 9.17) is 4.74 Å². The van der Waals surface area contributed by atoms with Crippen molar-refractivity contribution >= 4 is 11.8 Å². The van der Waals surface area contributed by atoms with Crippen molar-refractivity contribution in [1.29, 1.82) is 0 Å². The zero-order valence-corrected chi connectivity index (χ0v) is 26.7. The lowest BCUT2D eigenvalue weighted by atomic mass is 9.32. The van der Waals surface area contributed by atoms with E-state index >= 15 is 0 Å². The minimum absolute atomic E-state index is 0.00180. The van der Waals surface area contributed by atoms with Gasteiger partial charge >= 0.3 is 5.97 Å². The van der Waals surface area contributed by atoms with Crippen LogP contribution in [0.5, 0.6) is 5.75 Å². The molecule has 0 amide bonds. The lowest BCUT2D eigenvalue weighted by Gasteiger charge is -2.73. The van der Waals surface area contributed by atoms with Crippen LogP contribution < -0.4 is 0 Å². The highest BCUT2D eigenvalue weighted by atomic mass is 16.5. The summed E-state index contributed by atoms with van der Waals surface area (Å²) < 4.78 is 5.75. The van der Waals surface area contributed by atoms with E-state index in [-0.39, 0.29) is 57.4 Å². The molecule has 5 heteroatoms. The van der Waals surface area contributed by atoms with Crippen molar-refractivity contribution in [3.05, 3.63) is 42.0 Å². The van der Waals surface area contributed by atoms with Gasteiger partial charge in [0, 0.05) is 11.8 Å². The number of carbonyl (C=O) groups excluding carboxylic acids is 2. The number of hydrogen-bond acceptors (Lipinski definition) is 5. The molecular formula is C37H52O5. The van der Waals surface area contributed by atoms with Crippen molar-refractivity contribution in [2.24, 2.45) is 56.7 Å². The Labute approximate surface area is 252 Å². The molecule has 5 nitrogen and oxygen atoms in total. The SMILES string of the molecule is C=C(COC(=O)c1ccc(O)cc1)C1CC[C@]2(C)CC[C@]3(C)C(CC(O)C4[C@@]5(C)CCC(=O)C(C)(C)C5CC[C@]43C)C12. The number of phenolic OH excluding ortho intramolecular Hbond substituents is 1. The Morgan fingerprint density at radius 2 is 1.64 bits per heavy atom. The van der Waals surface area contributed by atoms with Crippen LogP contribution in [-0.4, -0.2) is 34.7 Å². The van der Waals surface area contributed by atoms with Crippen molar-refractivity contribution in [3.8, 4) is 5.75 Å². The summed E-state index contributed by atoms with van der Waals surface area (Å²) in [7, 11) is 0.